The molecule has 0 bridgehead atoms. The Kier molecular flexibility index (Phi) is 4.67. The van der Waals surface area contributed by atoms with Crippen LogP contribution in [0, 0.1) is 5.41 Å². The minimum atomic E-state index is -0.609. The van der Waals surface area contributed by atoms with Crippen LogP contribution < -0.4 is 5.73 Å². The van der Waals surface area contributed by atoms with Crippen LogP contribution in [0.3, 0.4) is 0 Å². The van der Waals surface area contributed by atoms with Crippen molar-refractivity contribution in [1.82, 2.24) is 4.98 Å². The van der Waals surface area contributed by atoms with Crippen molar-refractivity contribution in [2.24, 2.45) is 5.41 Å². The molecule has 0 amide bonds. The second-order valence-corrected chi connectivity index (χ2v) is 6.78. The summed E-state index contributed by atoms with van der Waals surface area (Å²) in [6, 6.07) is 3.62. The van der Waals surface area contributed by atoms with Gasteiger partial charge in [-0.2, -0.15) is 0 Å². The number of nitrogens with zero attached hydrogens (tertiary/aromatic N) is 1. The highest BCUT2D eigenvalue weighted by atomic mass is 16.5. The predicted octanol–water partition coefficient (Wildman–Crippen LogP) is 3.15. The molecule has 0 radical (unpaired) electrons. The van der Waals surface area contributed by atoms with Crippen molar-refractivity contribution in [3.05, 3.63) is 23.9 Å². The van der Waals surface area contributed by atoms with E-state index in [0.717, 1.165) is 31.2 Å². The molecule has 2 rings (SSSR count). The van der Waals surface area contributed by atoms with Crippen molar-refractivity contribution < 1.29 is 9.53 Å². The number of aromatic nitrogens is 1. The summed E-state index contributed by atoms with van der Waals surface area (Å²) < 4.78 is 5.93. The highest BCUT2D eigenvalue weighted by Gasteiger charge is 2.44. The maximum absolute atomic E-state index is 12.8. The maximum atomic E-state index is 12.8. The van der Waals surface area contributed by atoms with Crippen molar-refractivity contribution in [3.8, 4) is 0 Å². The normalized spacial score (nSPS) is 20.1. The molecule has 2 N–H and O–H groups in total. The van der Waals surface area contributed by atoms with Crippen LogP contribution in [0.4, 0.5) is 5.82 Å². The molecule has 1 saturated carbocycles. The fourth-order valence-corrected chi connectivity index (χ4v) is 3.06. The number of carbonyl (C=O) groups is 1. The molecular weight excluding hydrogens is 264 g/mol. The van der Waals surface area contributed by atoms with Crippen LogP contribution in [-0.4, -0.2) is 23.0 Å². The lowest BCUT2D eigenvalue weighted by molar-refractivity contribution is -0.151. The minimum Gasteiger partial charge on any atom is -0.384 e. The van der Waals surface area contributed by atoms with Gasteiger partial charge in [-0.25, -0.2) is 4.98 Å². The summed E-state index contributed by atoms with van der Waals surface area (Å²) in [5.41, 5.74) is 6.30. The number of rotatable bonds is 5. The molecule has 0 spiro atoms. The van der Waals surface area contributed by atoms with Gasteiger partial charge < -0.3 is 10.5 Å². The van der Waals surface area contributed by atoms with Gasteiger partial charge in [0, 0.05) is 19.2 Å². The Morgan fingerprint density at radius 1 is 1.33 bits per heavy atom. The molecule has 1 aliphatic rings. The van der Waals surface area contributed by atoms with Crippen molar-refractivity contribution in [2.75, 3.05) is 12.3 Å². The van der Waals surface area contributed by atoms with E-state index in [1.165, 1.54) is 0 Å². The number of pyridine rings is 1. The molecule has 0 atom stereocenters. The first-order valence-corrected chi connectivity index (χ1v) is 7.75. The van der Waals surface area contributed by atoms with Gasteiger partial charge in [-0.05, 0) is 55.7 Å². The van der Waals surface area contributed by atoms with Crippen LogP contribution in [0.5, 0.6) is 0 Å². The van der Waals surface area contributed by atoms with E-state index in [1.807, 2.05) is 13.0 Å². The topological polar surface area (TPSA) is 65.2 Å². The number of nitrogens with two attached hydrogens (primary N) is 1. The number of ketones is 1. The van der Waals surface area contributed by atoms with Crippen molar-refractivity contribution >= 4 is 11.6 Å². The van der Waals surface area contributed by atoms with E-state index in [1.54, 1.807) is 12.3 Å². The van der Waals surface area contributed by atoms with Gasteiger partial charge in [0.2, 0.25) is 0 Å². The van der Waals surface area contributed by atoms with Crippen LogP contribution in [-0.2, 0) is 16.0 Å². The second-order valence-electron chi connectivity index (χ2n) is 6.78. The van der Waals surface area contributed by atoms with Gasteiger partial charge in [-0.15, -0.1) is 0 Å². The molecule has 1 aromatic rings. The lowest BCUT2D eigenvalue weighted by atomic mass is 9.69. The number of hydrogen-bond acceptors (Lipinski definition) is 4. The van der Waals surface area contributed by atoms with E-state index in [0.29, 0.717) is 24.3 Å². The van der Waals surface area contributed by atoms with Crippen LogP contribution in [0.25, 0.3) is 0 Å². The molecule has 4 heteroatoms. The highest BCUT2D eigenvalue weighted by Crippen LogP contribution is 2.42. The Labute approximate surface area is 127 Å². The fraction of sp³-hybridized carbons (Fsp3) is 0.647. The molecule has 4 nitrogen and oxygen atoms in total. The third-order valence-electron chi connectivity index (χ3n) is 4.55. The van der Waals surface area contributed by atoms with Gasteiger partial charge >= 0.3 is 0 Å². The van der Waals surface area contributed by atoms with E-state index in [2.05, 4.69) is 18.8 Å². The molecule has 1 heterocycles. The summed E-state index contributed by atoms with van der Waals surface area (Å²) in [6.07, 6.45) is 5.69. The van der Waals surface area contributed by atoms with Gasteiger partial charge in [0.05, 0.1) is 0 Å². The molecular formula is C17H26N2O2. The summed E-state index contributed by atoms with van der Waals surface area (Å²) in [5, 5.41) is 0. The number of Topliss-reactive ketones (excluding diaryl/α,β-unsaturated/α-hetero) is 1. The Morgan fingerprint density at radius 2 is 2.00 bits per heavy atom. The van der Waals surface area contributed by atoms with E-state index < -0.39 is 5.60 Å². The summed E-state index contributed by atoms with van der Waals surface area (Å²) in [5.74, 6) is 0.626. The van der Waals surface area contributed by atoms with Crippen LogP contribution in [0.1, 0.15) is 52.0 Å². The third-order valence-corrected chi connectivity index (χ3v) is 4.55. The minimum absolute atomic E-state index is 0.172. The Balaban J connectivity index is 2.13. The second kappa shape index (κ2) is 6.14. The first kappa shape index (κ1) is 16.0. The van der Waals surface area contributed by atoms with Crippen LogP contribution in [0.15, 0.2) is 18.3 Å². The molecule has 0 unspecified atom stereocenters. The summed E-state index contributed by atoms with van der Waals surface area (Å²) in [7, 11) is 0. The number of hydrogen-bond donors (Lipinski definition) is 1. The number of ether oxygens (including phenoxy) is 1. The highest BCUT2D eigenvalue weighted by molar-refractivity contribution is 5.89. The average molecular weight is 290 g/mol. The maximum Gasteiger partial charge on any atom is 0.168 e. The van der Waals surface area contributed by atoms with Gasteiger partial charge in [-0.3, -0.25) is 4.79 Å². The summed E-state index contributed by atoms with van der Waals surface area (Å²) >= 11 is 0. The number of carbonyl (C=O) groups excluding carboxylic acids is 1. The molecule has 0 aliphatic heterocycles. The SMILES string of the molecule is CCOC1(C(=O)Cc2ccnc(N)c2)CCC(C)(C)CC1. The third kappa shape index (κ3) is 3.82. The first-order valence-electron chi connectivity index (χ1n) is 7.75. The Hall–Kier alpha value is -1.42. The molecule has 0 saturated heterocycles. The lowest BCUT2D eigenvalue weighted by Gasteiger charge is -2.42. The number of nitrogen functional groups attached to an aromatic ring is 1. The van der Waals surface area contributed by atoms with E-state index in [-0.39, 0.29) is 5.78 Å². The predicted molar refractivity (Wildman–Crippen MR) is 84.0 cm³/mol. The van der Waals surface area contributed by atoms with Crippen molar-refractivity contribution in [1.29, 1.82) is 0 Å². The van der Waals surface area contributed by atoms with Crippen molar-refractivity contribution in [3.63, 3.8) is 0 Å². The Bertz CT molecular complexity index is 501. The molecule has 1 aromatic heterocycles. The quantitative estimate of drug-likeness (QED) is 0.904. The van der Waals surface area contributed by atoms with E-state index in [4.69, 9.17) is 10.5 Å². The zero-order chi connectivity index (χ0) is 15.5. The van der Waals surface area contributed by atoms with Crippen LogP contribution in [0.2, 0.25) is 0 Å². The van der Waals surface area contributed by atoms with Gasteiger partial charge in [0.1, 0.15) is 11.4 Å². The first-order chi connectivity index (χ1) is 9.87. The van der Waals surface area contributed by atoms with Gasteiger partial charge in [-0.1, -0.05) is 13.8 Å². The fourth-order valence-electron chi connectivity index (χ4n) is 3.06. The standard InChI is InChI=1S/C17H26N2O2/c1-4-21-17(8-6-16(2,3)7-9-17)14(20)11-13-5-10-19-15(18)12-13/h5,10,12H,4,6-9,11H2,1-3H3,(H2,18,19). The van der Waals surface area contributed by atoms with E-state index >= 15 is 0 Å². The molecule has 1 fully saturated rings. The average Bonchev–Trinajstić information content (AvgIpc) is 2.41. The van der Waals surface area contributed by atoms with Gasteiger partial charge in [0.25, 0.3) is 0 Å². The molecule has 0 aromatic carbocycles. The van der Waals surface area contributed by atoms with Crippen molar-refractivity contribution in [2.45, 2.75) is 58.5 Å². The monoisotopic (exact) mass is 290 g/mol. The zero-order valence-corrected chi connectivity index (χ0v) is 13.3. The molecule has 1 aliphatic carbocycles. The smallest absolute Gasteiger partial charge is 0.168 e. The Morgan fingerprint density at radius 3 is 2.57 bits per heavy atom. The lowest BCUT2D eigenvalue weighted by Crippen LogP contribution is -2.47. The zero-order valence-electron chi connectivity index (χ0n) is 13.3. The summed E-state index contributed by atoms with van der Waals surface area (Å²) in [4.78, 5) is 16.8. The molecule has 21 heavy (non-hydrogen) atoms. The molecule has 116 valence electrons. The van der Waals surface area contributed by atoms with E-state index in [9.17, 15) is 4.79 Å². The largest absolute Gasteiger partial charge is 0.384 e. The van der Waals surface area contributed by atoms with Crippen LogP contribution >= 0.6 is 0 Å². The van der Waals surface area contributed by atoms with Gasteiger partial charge in [0.15, 0.2) is 5.78 Å². The summed E-state index contributed by atoms with van der Waals surface area (Å²) in [6.45, 7) is 7.05. The number of anilines is 1.